The number of halogens is 1. The maximum Gasteiger partial charge on any atom is 0.329 e. The molecule has 3 aromatic rings. The van der Waals surface area contributed by atoms with Crippen LogP contribution in [0.2, 0.25) is 0 Å². The summed E-state index contributed by atoms with van der Waals surface area (Å²) in [6, 6.07) is 17.6. The van der Waals surface area contributed by atoms with Gasteiger partial charge < -0.3 is 15.0 Å². The number of hydrogen-bond acceptors (Lipinski definition) is 3. The first-order valence-electron chi connectivity index (χ1n) is 9.40. The average Bonchev–Trinajstić information content (AvgIpc) is 3.13. The van der Waals surface area contributed by atoms with Crippen molar-refractivity contribution in [1.82, 2.24) is 4.98 Å². The molecule has 0 saturated heterocycles. The standard InChI is InChI=1S/C23H25FN2O2/c1-16(2)22(26-20-10-8-19(24)9-11-20)23(27)28-15-21-18(12-13-25-21)14-17-6-4-3-5-7-17/h3-13,16,22,25-26H,14-15H2,1-2H3. The summed E-state index contributed by atoms with van der Waals surface area (Å²) in [5, 5.41) is 3.14. The minimum absolute atomic E-state index is 0.0185. The molecule has 0 radical (unpaired) electrons. The van der Waals surface area contributed by atoms with Crippen LogP contribution in [0.4, 0.5) is 10.1 Å². The average molecular weight is 380 g/mol. The van der Waals surface area contributed by atoms with Crippen molar-refractivity contribution in [3.63, 3.8) is 0 Å². The van der Waals surface area contributed by atoms with E-state index in [-0.39, 0.29) is 24.3 Å². The number of ether oxygens (including phenoxy) is 1. The predicted octanol–water partition coefficient (Wildman–Crippen LogP) is 4.92. The molecule has 0 aliphatic rings. The summed E-state index contributed by atoms with van der Waals surface area (Å²) in [4.78, 5) is 15.8. The molecule has 0 saturated carbocycles. The van der Waals surface area contributed by atoms with Gasteiger partial charge in [-0.2, -0.15) is 0 Å². The Hall–Kier alpha value is -3.08. The third-order valence-corrected chi connectivity index (χ3v) is 4.61. The molecule has 1 aromatic heterocycles. The maximum atomic E-state index is 13.1. The fourth-order valence-corrected chi connectivity index (χ4v) is 3.01. The largest absolute Gasteiger partial charge is 0.458 e. The first-order chi connectivity index (χ1) is 13.5. The highest BCUT2D eigenvalue weighted by Crippen LogP contribution is 2.17. The third-order valence-electron chi connectivity index (χ3n) is 4.61. The summed E-state index contributed by atoms with van der Waals surface area (Å²) in [6.07, 6.45) is 2.64. The van der Waals surface area contributed by atoms with Gasteiger partial charge in [-0.05, 0) is 53.8 Å². The smallest absolute Gasteiger partial charge is 0.329 e. The van der Waals surface area contributed by atoms with Gasteiger partial charge in [0.15, 0.2) is 0 Å². The van der Waals surface area contributed by atoms with E-state index in [1.54, 1.807) is 12.1 Å². The van der Waals surface area contributed by atoms with Crippen LogP contribution in [0.5, 0.6) is 0 Å². The lowest BCUT2D eigenvalue weighted by atomic mass is 10.0. The van der Waals surface area contributed by atoms with Gasteiger partial charge >= 0.3 is 5.97 Å². The van der Waals surface area contributed by atoms with Gasteiger partial charge in [0.2, 0.25) is 0 Å². The highest BCUT2D eigenvalue weighted by atomic mass is 19.1. The molecule has 0 aliphatic heterocycles. The number of hydrogen-bond donors (Lipinski definition) is 2. The Morgan fingerprint density at radius 1 is 1.07 bits per heavy atom. The van der Waals surface area contributed by atoms with Crippen molar-refractivity contribution < 1.29 is 13.9 Å². The Kier molecular flexibility index (Phi) is 6.48. The molecule has 0 fully saturated rings. The molecule has 2 N–H and O–H groups in total. The van der Waals surface area contributed by atoms with Gasteiger partial charge in [-0.3, -0.25) is 0 Å². The van der Waals surface area contributed by atoms with Crippen LogP contribution < -0.4 is 5.32 Å². The predicted molar refractivity (Wildman–Crippen MR) is 108 cm³/mol. The van der Waals surface area contributed by atoms with Crippen LogP contribution in [0.3, 0.4) is 0 Å². The first-order valence-corrected chi connectivity index (χ1v) is 9.40. The Labute approximate surface area is 164 Å². The second-order valence-electron chi connectivity index (χ2n) is 7.12. The first kappa shape index (κ1) is 19.7. The number of carbonyl (C=O) groups is 1. The Morgan fingerprint density at radius 3 is 2.46 bits per heavy atom. The molecular weight excluding hydrogens is 355 g/mol. The molecular formula is C23H25FN2O2. The number of rotatable bonds is 8. The van der Waals surface area contributed by atoms with E-state index in [9.17, 15) is 9.18 Å². The minimum Gasteiger partial charge on any atom is -0.458 e. The summed E-state index contributed by atoms with van der Waals surface area (Å²) < 4.78 is 18.7. The maximum absolute atomic E-state index is 13.1. The van der Waals surface area contributed by atoms with Crippen molar-refractivity contribution in [2.75, 3.05) is 5.32 Å². The van der Waals surface area contributed by atoms with Gasteiger partial charge in [-0.25, -0.2) is 9.18 Å². The van der Waals surface area contributed by atoms with Crippen molar-refractivity contribution >= 4 is 11.7 Å². The molecule has 4 nitrogen and oxygen atoms in total. The van der Waals surface area contributed by atoms with Gasteiger partial charge in [-0.15, -0.1) is 0 Å². The number of carbonyl (C=O) groups excluding carboxylic acids is 1. The summed E-state index contributed by atoms with van der Waals surface area (Å²) in [7, 11) is 0. The molecule has 1 unspecified atom stereocenters. The normalized spacial score (nSPS) is 12.0. The van der Waals surface area contributed by atoms with Crippen LogP contribution in [0.25, 0.3) is 0 Å². The van der Waals surface area contributed by atoms with Gasteiger partial charge in [0.05, 0.1) is 5.69 Å². The molecule has 0 spiro atoms. The monoisotopic (exact) mass is 380 g/mol. The zero-order valence-corrected chi connectivity index (χ0v) is 16.1. The molecule has 0 bridgehead atoms. The van der Waals surface area contributed by atoms with Gasteiger partial charge in [0, 0.05) is 11.9 Å². The molecule has 2 aromatic carbocycles. The Morgan fingerprint density at radius 2 is 1.79 bits per heavy atom. The summed E-state index contributed by atoms with van der Waals surface area (Å²) in [5.41, 5.74) is 3.88. The van der Waals surface area contributed by atoms with E-state index < -0.39 is 6.04 Å². The highest BCUT2D eigenvalue weighted by molar-refractivity contribution is 5.79. The lowest BCUT2D eigenvalue weighted by Gasteiger charge is -2.22. The molecule has 3 rings (SSSR count). The molecule has 0 aliphatic carbocycles. The van der Waals surface area contributed by atoms with Crippen molar-refractivity contribution in [3.05, 3.63) is 89.5 Å². The Bertz CT molecular complexity index is 888. The molecule has 5 heteroatoms. The number of nitrogens with one attached hydrogen (secondary N) is 2. The van der Waals surface area contributed by atoms with Gasteiger partial charge in [0.1, 0.15) is 18.5 Å². The number of benzene rings is 2. The quantitative estimate of drug-likeness (QED) is 0.545. The SMILES string of the molecule is CC(C)C(Nc1ccc(F)cc1)C(=O)OCc1[nH]ccc1Cc1ccccc1. The summed E-state index contributed by atoms with van der Waals surface area (Å²) in [6.45, 7) is 4.07. The number of esters is 1. The van der Waals surface area contributed by atoms with Crippen molar-refractivity contribution in [1.29, 1.82) is 0 Å². The minimum atomic E-state index is -0.516. The number of aromatic amines is 1. The van der Waals surface area contributed by atoms with Crippen molar-refractivity contribution in [3.8, 4) is 0 Å². The molecule has 1 heterocycles. The molecule has 146 valence electrons. The van der Waals surface area contributed by atoms with E-state index in [0.717, 1.165) is 17.7 Å². The summed E-state index contributed by atoms with van der Waals surface area (Å²) >= 11 is 0. The lowest BCUT2D eigenvalue weighted by molar-refractivity contribution is -0.147. The van der Waals surface area contributed by atoms with Crippen LogP contribution in [0.1, 0.15) is 30.7 Å². The number of H-pyrrole nitrogens is 1. The fraction of sp³-hybridized carbons (Fsp3) is 0.261. The summed E-state index contributed by atoms with van der Waals surface area (Å²) in [5.74, 6) is -0.628. The van der Waals surface area contributed by atoms with E-state index in [4.69, 9.17) is 4.74 Å². The van der Waals surface area contributed by atoms with E-state index in [2.05, 4.69) is 22.4 Å². The highest BCUT2D eigenvalue weighted by Gasteiger charge is 2.24. The van der Waals surface area contributed by atoms with Crippen LogP contribution >= 0.6 is 0 Å². The zero-order valence-electron chi connectivity index (χ0n) is 16.1. The zero-order chi connectivity index (χ0) is 19.9. The lowest BCUT2D eigenvalue weighted by Crippen LogP contribution is -2.36. The molecule has 1 atom stereocenters. The van der Waals surface area contributed by atoms with Crippen molar-refractivity contribution in [2.45, 2.75) is 32.9 Å². The topological polar surface area (TPSA) is 54.1 Å². The fourth-order valence-electron chi connectivity index (χ4n) is 3.01. The van der Waals surface area contributed by atoms with Gasteiger partial charge in [0.25, 0.3) is 0 Å². The van der Waals surface area contributed by atoms with E-state index in [1.807, 2.05) is 44.3 Å². The van der Waals surface area contributed by atoms with Crippen LogP contribution in [0, 0.1) is 11.7 Å². The second kappa shape index (κ2) is 9.22. The van der Waals surface area contributed by atoms with Crippen molar-refractivity contribution in [2.24, 2.45) is 5.92 Å². The molecule has 0 amide bonds. The van der Waals surface area contributed by atoms with E-state index in [1.165, 1.54) is 17.7 Å². The number of aromatic nitrogens is 1. The van der Waals surface area contributed by atoms with Gasteiger partial charge in [-0.1, -0.05) is 44.2 Å². The van der Waals surface area contributed by atoms with E-state index >= 15 is 0 Å². The molecule has 28 heavy (non-hydrogen) atoms. The van der Waals surface area contributed by atoms with E-state index in [0.29, 0.717) is 5.69 Å². The van der Waals surface area contributed by atoms with Crippen LogP contribution in [-0.4, -0.2) is 17.0 Å². The second-order valence-corrected chi connectivity index (χ2v) is 7.12. The van der Waals surface area contributed by atoms with Crippen LogP contribution in [-0.2, 0) is 22.6 Å². The Balaban J connectivity index is 1.62. The number of anilines is 1. The third kappa shape index (κ3) is 5.22. The van der Waals surface area contributed by atoms with Crippen LogP contribution in [0.15, 0.2) is 66.9 Å².